The molecule has 0 spiro atoms. The van der Waals surface area contributed by atoms with E-state index < -0.39 is 0 Å². The van der Waals surface area contributed by atoms with Crippen molar-refractivity contribution >= 4 is 61.7 Å². The average molecular weight is 591 g/mol. The van der Waals surface area contributed by atoms with Crippen molar-refractivity contribution in [1.82, 2.24) is 19.7 Å². The third-order valence-corrected chi connectivity index (χ3v) is 7.34. The fraction of sp³-hybridized carbons (Fsp3) is 0.167. The topological polar surface area (TPSA) is 81.9 Å². The van der Waals surface area contributed by atoms with E-state index in [4.69, 9.17) is 16.3 Å². The minimum atomic E-state index is -0.177. The van der Waals surface area contributed by atoms with E-state index in [0.29, 0.717) is 33.4 Å². The maximum Gasteiger partial charge on any atom is 0.236 e. The van der Waals surface area contributed by atoms with Crippen LogP contribution >= 0.6 is 50.6 Å². The Labute approximate surface area is 224 Å². The summed E-state index contributed by atoms with van der Waals surface area (Å²) in [7, 11) is 0. The van der Waals surface area contributed by atoms with Crippen LogP contribution in [0.3, 0.4) is 0 Å². The Kier molecular flexibility index (Phi) is 8.61. The Morgan fingerprint density at radius 2 is 2.09 bits per heavy atom. The Balaban J connectivity index is 1.36. The van der Waals surface area contributed by atoms with Gasteiger partial charge < -0.3 is 10.1 Å². The number of aromatic nitrogens is 4. The van der Waals surface area contributed by atoms with Crippen LogP contribution in [0.2, 0.25) is 5.02 Å². The van der Waals surface area contributed by atoms with Crippen LogP contribution in [0, 0.1) is 6.92 Å². The van der Waals surface area contributed by atoms with Gasteiger partial charge in [-0.15, -0.1) is 28.1 Å². The molecule has 0 saturated heterocycles. The summed E-state index contributed by atoms with van der Waals surface area (Å²) in [5.41, 5.74) is 2.84. The van der Waals surface area contributed by atoms with Crippen LogP contribution in [0.5, 0.6) is 5.75 Å². The molecule has 1 N–H and O–H groups in total. The third-order valence-electron chi connectivity index (χ3n) is 4.77. The lowest BCUT2D eigenvalue weighted by atomic mass is 10.2. The Hall–Kier alpha value is -2.66. The molecule has 2 aromatic carbocycles. The predicted octanol–water partition coefficient (Wildman–Crippen LogP) is 6.62. The van der Waals surface area contributed by atoms with Gasteiger partial charge in [0.25, 0.3) is 0 Å². The first-order valence-corrected chi connectivity index (χ1v) is 13.5. The number of allylic oxidation sites excluding steroid dienone is 1. The van der Waals surface area contributed by atoms with Gasteiger partial charge in [-0.3, -0.25) is 9.36 Å². The molecule has 0 aliphatic heterocycles. The Morgan fingerprint density at radius 3 is 2.86 bits per heavy atom. The minimum absolute atomic E-state index is 0.160. The number of hydrogen-bond acceptors (Lipinski definition) is 7. The number of aryl methyl sites for hydroxylation is 1. The molecule has 2 aromatic heterocycles. The van der Waals surface area contributed by atoms with Gasteiger partial charge in [0.05, 0.1) is 16.5 Å². The summed E-state index contributed by atoms with van der Waals surface area (Å²) in [5.74, 6) is 1.18. The molecule has 4 aromatic rings. The van der Waals surface area contributed by atoms with E-state index in [1.54, 1.807) is 12.1 Å². The second-order valence-corrected chi connectivity index (χ2v) is 10.5. The fourth-order valence-electron chi connectivity index (χ4n) is 3.08. The number of carbonyl (C=O) groups excluding carboxylic acids is 1. The molecule has 0 radical (unpaired) electrons. The highest BCUT2D eigenvalue weighted by Gasteiger charge is 2.16. The summed E-state index contributed by atoms with van der Waals surface area (Å²) in [6.45, 7) is 6.45. The molecule has 180 valence electrons. The molecule has 1 amide bonds. The molecule has 0 bridgehead atoms. The van der Waals surface area contributed by atoms with Gasteiger partial charge in [-0.2, -0.15) is 0 Å². The number of benzene rings is 2. The first kappa shape index (κ1) is 25.4. The first-order chi connectivity index (χ1) is 16.9. The second-order valence-electron chi connectivity index (χ2n) is 7.40. The Morgan fingerprint density at radius 1 is 1.29 bits per heavy atom. The van der Waals surface area contributed by atoms with Gasteiger partial charge in [-0.1, -0.05) is 63.6 Å². The van der Waals surface area contributed by atoms with Gasteiger partial charge >= 0.3 is 0 Å². The first-order valence-electron chi connectivity index (χ1n) is 10.5. The summed E-state index contributed by atoms with van der Waals surface area (Å²) >= 11 is 12.3. The van der Waals surface area contributed by atoms with Crippen molar-refractivity contribution in [2.45, 2.75) is 25.2 Å². The third kappa shape index (κ3) is 6.72. The number of anilines is 1. The summed E-state index contributed by atoms with van der Waals surface area (Å²) in [4.78, 5) is 17.1. The SMILES string of the molecule is C=CCn1c(COc2cc(C)ccc2Cl)nnc1SCC(=O)Nc1nc(-c2ccc(Br)cc2)cs1. The van der Waals surface area contributed by atoms with E-state index in [1.165, 1.54) is 23.1 Å². The normalized spacial score (nSPS) is 10.8. The highest BCUT2D eigenvalue weighted by atomic mass is 79.9. The average Bonchev–Trinajstić information content (AvgIpc) is 3.46. The lowest BCUT2D eigenvalue weighted by molar-refractivity contribution is -0.113. The van der Waals surface area contributed by atoms with Gasteiger partial charge in [0.1, 0.15) is 12.4 Å². The van der Waals surface area contributed by atoms with Crippen molar-refractivity contribution in [2.75, 3.05) is 11.1 Å². The number of halogens is 2. The standard InChI is InChI=1S/C24H21BrClN5O2S2/c1-3-10-31-21(12-33-20-11-15(2)4-9-18(20)26)29-30-24(31)35-14-22(32)28-23-27-19(13-34-23)16-5-7-17(25)8-6-16/h3-9,11,13H,1,10,12,14H2,2H3,(H,27,28,32). The molecule has 0 aliphatic carbocycles. The fourth-order valence-corrected chi connectivity index (χ4v) is 5.02. The molecule has 2 heterocycles. The number of carbonyl (C=O) groups is 1. The van der Waals surface area contributed by atoms with Crippen LogP contribution in [0.1, 0.15) is 11.4 Å². The molecule has 0 atom stereocenters. The van der Waals surface area contributed by atoms with Crippen LogP contribution in [-0.2, 0) is 17.9 Å². The number of thiazole rings is 1. The van der Waals surface area contributed by atoms with Crippen LogP contribution in [0.15, 0.2) is 70.1 Å². The molecule has 0 aliphatic rings. The molecular weight excluding hydrogens is 570 g/mol. The number of nitrogens with zero attached hydrogens (tertiary/aromatic N) is 4. The van der Waals surface area contributed by atoms with Crippen molar-refractivity contribution in [3.8, 4) is 17.0 Å². The molecule has 0 unspecified atom stereocenters. The van der Waals surface area contributed by atoms with Crippen molar-refractivity contribution < 1.29 is 9.53 Å². The quantitative estimate of drug-likeness (QED) is 0.165. The summed E-state index contributed by atoms with van der Waals surface area (Å²) in [5, 5.41) is 14.9. The number of amides is 1. The highest BCUT2D eigenvalue weighted by Crippen LogP contribution is 2.28. The number of ether oxygens (including phenoxy) is 1. The van der Waals surface area contributed by atoms with Crippen molar-refractivity contribution in [3.05, 3.63) is 81.4 Å². The van der Waals surface area contributed by atoms with Crippen LogP contribution in [0.4, 0.5) is 5.13 Å². The minimum Gasteiger partial charge on any atom is -0.484 e. The van der Waals surface area contributed by atoms with Crippen molar-refractivity contribution in [2.24, 2.45) is 0 Å². The number of thioether (sulfide) groups is 1. The van der Waals surface area contributed by atoms with Crippen LogP contribution in [0.25, 0.3) is 11.3 Å². The van der Waals surface area contributed by atoms with Crippen LogP contribution < -0.4 is 10.1 Å². The van der Waals surface area contributed by atoms with E-state index in [0.717, 1.165) is 21.3 Å². The second kappa shape index (κ2) is 11.9. The molecule has 0 fully saturated rings. The summed E-state index contributed by atoms with van der Waals surface area (Å²) in [6.07, 6.45) is 1.75. The zero-order valence-electron chi connectivity index (χ0n) is 18.7. The lowest BCUT2D eigenvalue weighted by Crippen LogP contribution is -2.15. The van der Waals surface area contributed by atoms with Gasteiger partial charge in [-0.05, 0) is 36.8 Å². The maximum absolute atomic E-state index is 12.5. The van der Waals surface area contributed by atoms with E-state index in [1.807, 2.05) is 53.3 Å². The smallest absolute Gasteiger partial charge is 0.236 e. The molecule has 4 rings (SSSR count). The van der Waals surface area contributed by atoms with Gasteiger partial charge in [-0.25, -0.2) is 4.98 Å². The lowest BCUT2D eigenvalue weighted by Gasteiger charge is -2.10. The Bertz CT molecular complexity index is 1340. The van der Waals surface area contributed by atoms with Crippen molar-refractivity contribution in [1.29, 1.82) is 0 Å². The molecular formula is C24H21BrClN5O2S2. The van der Waals surface area contributed by atoms with E-state index in [2.05, 4.69) is 43.0 Å². The predicted molar refractivity (Wildman–Crippen MR) is 145 cm³/mol. The van der Waals surface area contributed by atoms with Crippen LogP contribution in [-0.4, -0.2) is 31.4 Å². The van der Waals surface area contributed by atoms with E-state index in [-0.39, 0.29) is 18.3 Å². The highest BCUT2D eigenvalue weighted by molar-refractivity contribution is 9.10. The number of hydrogen-bond donors (Lipinski definition) is 1. The van der Waals surface area contributed by atoms with E-state index >= 15 is 0 Å². The monoisotopic (exact) mass is 589 g/mol. The van der Waals surface area contributed by atoms with Gasteiger partial charge in [0, 0.05) is 22.0 Å². The number of rotatable bonds is 10. The molecule has 7 nitrogen and oxygen atoms in total. The van der Waals surface area contributed by atoms with Gasteiger partial charge in [0.15, 0.2) is 16.1 Å². The largest absolute Gasteiger partial charge is 0.484 e. The molecule has 11 heteroatoms. The van der Waals surface area contributed by atoms with E-state index in [9.17, 15) is 4.79 Å². The zero-order valence-corrected chi connectivity index (χ0v) is 22.7. The van der Waals surface area contributed by atoms with Gasteiger partial charge in [0.2, 0.25) is 5.91 Å². The summed E-state index contributed by atoms with van der Waals surface area (Å²) < 4.78 is 8.73. The van der Waals surface area contributed by atoms with Crippen molar-refractivity contribution in [3.63, 3.8) is 0 Å². The molecule has 0 saturated carbocycles. The number of nitrogens with one attached hydrogen (secondary N) is 1. The summed E-state index contributed by atoms with van der Waals surface area (Å²) in [6, 6.07) is 13.4. The maximum atomic E-state index is 12.5. The molecule has 35 heavy (non-hydrogen) atoms. The zero-order chi connectivity index (χ0) is 24.8.